The molecule has 0 aromatic carbocycles. The van der Waals surface area contributed by atoms with Crippen molar-refractivity contribution in [3.63, 3.8) is 0 Å². The van der Waals surface area contributed by atoms with Crippen molar-refractivity contribution in [1.82, 2.24) is 81.5 Å². The lowest BCUT2D eigenvalue weighted by Crippen LogP contribution is -2.33. The molecular formula is C71H87N27O12. The number of nitrogens with one attached hydrogen (secondary N) is 12. The topological polar surface area (TPSA) is 466 Å². The van der Waals surface area contributed by atoms with Gasteiger partial charge in [0.2, 0.25) is 23.5 Å². The van der Waals surface area contributed by atoms with Crippen LogP contribution >= 0.6 is 0 Å². The molecule has 14 N–H and O–H groups in total. The van der Waals surface area contributed by atoms with Crippen molar-refractivity contribution >= 4 is 122 Å². The standard InChI is InChI=1S/C71H87N27O12/c1-88(22-13-17-72)23-14-19-73-57(99)16-20-76-63(102)49-26-42(33-91(49)4)78-65(104)51-27-43(34-92(51)5)79-66(105)52-29-45(36-94(52)7)81-67(106)53-30-46(37-95(53)8)82-70(109)60-85-55(39-97(60)10)84-58(100)15-12-18-75-62(101)48-25-41(32-90(48)3)77-64(103)50-28-44(35-93(50)6)80-68(107)54-31-47(38-96(54)9)83-71(110)61-86-56(40-98(61)11)87-69(108)59-74-21-24-89(59)2/h21,24-40H,12-20,22-23,72H2,1-11H3,(H,73,99)(H,75,101)(H,76,102)(H,77,103)(H,78,104)(H,79,105)(H,80,107)(H,81,106)(H,82,109)(H,83,110)(H,84,100)(H,87,108). The lowest BCUT2D eigenvalue weighted by atomic mass is 10.3. The van der Waals surface area contributed by atoms with E-state index in [0.29, 0.717) is 35.8 Å². The summed E-state index contributed by atoms with van der Waals surface area (Å²) in [6, 6.07) is 10.3. The second kappa shape index (κ2) is 34.6. The first kappa shape index (κ1) is 78.7. The van der Waals surface area contributed by atoms with Gasteiger partial charge in [0.05, 0.1) is 39.8 Å². The molecule has 39 heteroatoms. The average Bonchev–Trinajstić information content (AvgIpc) is 1.68. The Hall–Kier alpha value is -13.9. The summed E-state index contributed by atoms with van der Waals surface area (Å²) in [7, 11) is 18.2. The number of anilines is 9. The van der Waals surface area contributed by atoms with E-state index in [1.807, 2.05) is 7.05 Å². The molecule has 0 atom stereocenters. The third-order valence-corrected chi connectivity index (χ3v) is 17.4. The Morgan fingerprint density at radius 2 is 0.645 bits per heavy atom. The first-order chi connectivity index (χ1) is 52.4. The van der Waals surface area contributed by atoms with Crippen molar-refractivity contribution in [3.05, 3.63) is 168 Å². The Morgan fingerprint density at radius 1 is 0.327 bits per heavy atom. The van der Waals surface area contributed by atoms with E-state index in [-0.39, 0.29) is 124 Å². The third-order valence-electron chi connectivity index (χ3n) is 17.4. The van der Waals surface area contributed by atoms with Crippen LogP contribution < -0.4 is 69.5 Å². The molecule has 0 aliphatic carbocycles. The molecule has 0 aliphatic rings. The highest BCUT2D eigenvalue weighted by atomic mass is 16.2. The van der Waals surface area contributed by atoms with Crippen LogP contribution in [0.1, 0.15) is 137 Å². The largest absolute Gasteiger partial charge is 0.356 e. The number of hydrogen-bond donors (Lipinski definition) is 13. The van der Waals surface area contributed by atoms with Crippen LogP contribution in [0.2, 0.25) is 0 Å². The molecule has 0 unspecified atom stereocenters. The molecule has 110 heavy (non-hydrogen) atoms. The number of hydrogen-bond acceptors (Lipinski definition) is 17. The number of rotatable bonds is 33. The van der Waals surface area contributed by atoms with Crippen LogP contribution in [-0.4, -0.2) is 183 Å². The predicted molar refractivity (Wildman–Crippen MR) is 407 cm³/mol. The fourth-order valence-electron chi connectivity index (χ4n) is 11.9. The highest BCUT2D eigenvalue weighted by Gasteiger charge is 2.26. The minimum atomic E-state index is -0.651. The normalized spacial score (nSPS) is 11.1. The van der Waals surface area contributed by atoms with Crippen LogP contribution in [0.3, 0.4) is 0 Å². The highest BCUT2D eigenvalue weighted by molar-refractivity contribution is 6.11. The van der Waals surface area contributed by atoms with Gasteiger partial charge in [0.15, 0.2) is 17.5 Å². The van der Waals surface area contributed by atoms with Crippen LogP contribution in [0.25, 0.3) is 0 Å². The van der Waals surface area contributed by atoms with E-state index in [1.54, 1.807) is 106 Å². The number of nitrogens with two attached hydrogens (primary N) is 1. The Morgan fingerprint density at radius 3 is 1.00 bits per heavy atom. The molecule has 0 saturated heterocycles. The fourth-order valence-corrected chi connectivity index (χ4v) is 11.9. The lowest BCUT2D eigenvalue weighted by Gasteiger charge is -2.15. The van der Waals surface area contributed by atoms with E-state index in [9.17, 15) is 57.5 Å². The SMILES string of the molecule is CN(CCCN)CCCNC(=O)CCNC(=O)c1cc(NC(=O)c2cc(NC(=O)c3cc(NC(=O)c4cc(NC(=O)c5nc(NC(=O)CCCNC(=O)c6cc(NC(=O)c7cc(NC(=O)c8cc(NC(=O)c9nc(NC(=O)c%10nccn%10C)cn9C)cn8C)cn7C)cn6C)cn5C)cn4C)cn3C)cn2C)cn1C. The molecule has 10 aromatic heterocycles. The highest BCUT2D eigenvalue weighted by Crippen LogP contribution is 2.25. The van der Waals surface area contributed by atoms with E-state index in [2.05, 4.69) is 83.7 Å². The van der Waals surface area contributed by atoms with Crippen LogP contribution in [0.5, 0.6) is 0 Å². The maximum absolute atomic E-state index is 13.6. The monoisotopic (exact) mass is 1510 g/mol. The van der Waals surface area contributed by atoms with Gasteiger partial charge in [0.1, 0.15) is 39.9 Å². The lowest BCUT2D eigenvalue weighted by molar-refractivity contribution is -0.121. The van der Waals surface area contributed by atoms with E-state index in [0.717, 1.165) is 25.9 Å². The summed E-state index contributed by atoms with van der Waals surface area (Å²) in [6.07, 6.45) is 18.8. The van der Waals surface area contributed by atoms with Gasteiger partial charge in [0, 0.05) is 171 Å². The van der Waals surface area contributed by atoms with Gasteiger partial charge in [-0.05, 0) is 88.4 Å². The summed E-state index contributed by atoms with van der Waals surface area (Å²) in [4.78, 5) is 174. The summed E-state index contributed by atoms with van der Waals surface area (Å²) >= 11 is 0. The molecular weight excluding hydrogens is 1420 g/mol. The van der Waals surface area contributed by atoms with Gasteiger partial charge in [-0.25, -0.2) is 15.0 Å². The second-order valence-corrected chi connectivity index (χ2v) is 26.3. The van der Waals surface area contributed by atoms with Crippen molar-refractivity contribution in [1.29, 1.82) is 0 Å². The minimum Gasteiger partial charge on any atom is -0.356 e. The molecule has 0 bridgehead atoms. The van der Waals surface area contributed by atoms with E-state index >= 15 is 0 Å². The van der Waals surface area contributed by atoms with Gasteiger partial charge in [-0.3, -0.25) is 57.5 Å². The maximum Gasteiger partial charge on any atom is 0.292 e. The van der Waals surface area contributed by atoms with Crippen LogP contribution in [0.4, 0.5) is 51.4 Å². The molecule has 10 rings (SSSR count). The zero-order valence-corrected chi connectivity index (χ0v) is 62.4. The molecule has 0 aliphatic heterocycles. The van der Waals surface area contributed by atoms with Crippen LogP contribution in [0.15, 0.2) is 111 Å². The number of nitrogens with zero attached hydrogens (tertiary/aromatic N) is 14. The molecule has 0 saturated carbocycles. The zero-order chi connectivity index (χ0) is 79.4. The van der Waals surface area contributed by atoms with Crippen LogP contribution in [0, 0.1) is 0 Å². The summed E-state index contributed by atoms with van der Waals surface area (Å²) < 4.78 is 15.0. The van der Waals surface area contributed by atoms with Gasteiger partial charge in [-0.1, -0.05) is 0 Å². The average molecular weight is 1510 g/mol. The van der Waals surface area contributed by atoms with Crippen molar-refractivity contribution < 1.29 is 57.5 Å². The Kier molecular flexibility index (Phi) is 24.8. The molecule has 12 amide bonds. The number of carbonyl (C=O) groups is 12. The van der Waals surface area contributed by atoms with Crippen LogP contribution in [-0.2, 0) is 80.1 Å². The van der Waals surface area contributed by atoms with E-state index < -0.39 is 65.0 Å². The van der Waals surface area contributed by atoms with E-state index in [4.69, 9.17) is 5.73 Å². The number of aryl methyl sites for hydroxylation is 10. The Balaban J connectivity index is 0.625. The number of carbonyl (C=O) groups excluding carboxylic acids is 12. The second-order valence-electron chi connectivity index (χ2n) is 26.3. The molecule has 0 fully saturated rings. The summed E-state index contributed by atoms with van der Waals surface area (Å²) in [6.45, 7) is 3.07. The fraction of sp³-hybridized carbons (Fsp3) is 0.310. The van der Waals surface area contributed by atoms with E-state index in [1.165, 1.54) is 121 Å². The smallest absolute Gasteiger partial charge is 0.292 e. The molecule has 0 spiro atoms. The van der Waals surface area contributed by atoms with Crippen molar-refractivity contribution in [2.75, 3.05) is 94.2 Å². The van der Waals surface area contributed by atoms with Gasteiger partial charge in [-0.15, -0.1) is 0 Å². The third kappa shape index (κ3) is 19.6. The van der Waals surface area contributed by atoms with Crippen molar-refractivity contribution in [3.8, 4) is 0 Å². The molecule has 10 heterocycles. The van der Waals surface area contributed by atoms with Gasteiger partial charge >= 0.3 is 0 Å². The number of amides is 12. The van der Waals surface area contributed by atoms with Gasteiger partial charge < -0.3 is 120 Å². The number of imidazole rings is 3. The molecule has 10 aromatic rings. The minimum absolute atomic E-state index is 0.0153. The quantitative estimate of drug-likeness (QED) is 0.0262. The first-order valence-corrected chi connectivity index (χ1v) is 34.6. The summed E-state index contributed by atoms with van der Waals surface area (Å²) in [5, 5.41) is 33.0. The Bertz CT molecular complexity index is 5190. The first-order valence-electron chi connectivity index (χ1n) is 34.6. The summed E-state index contributed by atoms with van der Waals surface area (Å²) in [5.74, 6) is -5.73. The van der Waals surface area contributed by atoms with Crippen molar-refractivity contribution in [2.45, 2.75) is 32.1 Å². The van der Waals surface area contributed by atoms with Gasteiger partial charge in [0.25, 0.3) is 59.1 Å². The maximum atomic E-state index is 13.6. The molecule has 0 radical (unpaired) electrons. The molecule has 39 nitrogen and oxygen atoms in total. The Labute approximate surface area is 629 Å². The van der Waals surface area contributed by atoms with Crippen molar-refractivity contribution in [2.24, 2.45) is 76.2 Å². The molecule has 578 valence electrons. The van der Waals surface area contributed by atoms with Gasteiger partial charge in [-0.2, -0.15) is 0 Å². The zero-order valence-electron chi connectivity index (χ0n) is 62.4. The predicted octanol–water partition coefficient (Wildman–Crippen LogP) is 3.33. The summed E-state index contributed by atoms with van der Waals surface area (Å²) in [5.41, 5.74) is 8.92. The number of aromatic nitrogens is 13.